The van der Waals surface area contributed by atoms with E-state index in [9.17, 15) is 0 Å². The Morgan fingerprint density at radius 3 is 2.44 bits per heavy atom. The van der Waals surface area contributed by atoms with Crippen LogP contribution in [0.25, 0.3) is 0 Å². The highest BCUT2D eigenvalue weighted by molar-refractivity contribution is 5.36. The molecule has 0 radical (unpaired) electrons. The van der Waals surface area contributed by atoms with E-state index in [-0.39, 0.29) is 0 Å². The SMILES string of the molecule is CCCOc1ccccc1C(CC(C)(C)C)NC. The normalized spacial score (nSPS) is 13.4. The van der Waals surface area contributed by atoms with Crippen LogP contribution in [0.2, 0.25) is 0 Å². The molecule has 102 valence electrons. The first-order valence-electron chi connectivity index (χ1n) is 6.87. The standard InChI is InChI=1S/C16H27NO/c1-6-11-18-15-10-8-7-9-13(15)14(17-5)12-16(2,3)4/h7-10,14,17H,6,11-12H2,1-5H3. The third-order valence-electron chi connectivity index (χ3n) is 2.92. The number of nitrogens with one attached hydrogen (secondary N) is 1. The van der Waals surface area contributed by atoms with Gasteiger partial charge in [-0.1, -0.05) is 45.9 Å². The zero-order valence-corrected chi connectivity index (χ0v) is 12.4. The van der Waals surface area contributed by atoms with Gasteiger partial charge >= 0.3 is 0 Å². The van der Waals surface area contributed by atoms with E-state index in [1.54, 1.807) is 0 Å². The van der Waals surface area contributed by atoms with E-state index in [0.29, 0.717) is 11.5 Å². The van der Waals surface area contributed by atoms with Crippen LogP contribution in [0.5, 0.6) is 5.75 Å². The zero-order chi connectivity index (χ0) is 13.6. The molecular weight excluding hydrogens is 222 g/mol. The summed E-state index contributed by atoms with van der Waals surface area (Å²) in [6, 6.07) is 8.70. The van der Waals surface area contributed by atoms with Gasteiger partial charge in [-0.05, 0) is 31.4 Å². The minimum Gasteiger partial charge on any atom is -0.493 e. The van der Waals surface area contributed by atoms with Gasteiger partial charge in [0.1, 0.15) is 5.75 Å². The fourth-order valence-corrected chi connectivity index (χ4v) is 2.09. The van der Waals surface area contributed by atoms with Crippen LogP contribution in [-0.4, -0.2) is 13.7 Å². The number of ether oxygens (including phenoxy) is 1. The van der Waals surface area contributed by atoms with Crippen LogP contribution in [0.4, 0.5) is 0 Å². The van der Waals surface area contributed by atoms with Gasteiger partial charge in [0.15, 0.2) is 0 Å². The van der Waals surface area contributed by atoms with Gasteiger partial charge in [-0.25, -0.2) is 0 Å². The van der Waals surface area contributed by atoms with Crippen LogP contribution < -0.4 is 10.1 Å². The molecule has 0 aliphatic rings. The number of para-hydroxylation sites is 1. The molecule has 0 heterocycles. The van der Waals surface area contributed by atoms with Gasteiger partial charge in [-0.3, -0.25) is 0 Å². The van der Waals surface area contributed by atoms with Gasteiger partial charge in [0.2, 0.25) is 0 Å². The Kier molecular flexibility index (Phi) is 5.67. The molecule has 1 rings (SSSR count). The molecule has 0 aromatic heterocycles. The molecular formula is C16H27NO. The van der Waals surface area contributed by atoms with Crippen LogP contribution in [-0.2, 0) is 0 Å². The third-order valence-corrected chi connectivity index (χ3v) is 2.92. The maximum atomic E-state index is 5.84. The molecule has 1 N–H and O–H groups in total. The van der Waals surface area contributed by atoms with E-state index in [1.165, 1.54) is 5.56 Å². The van der Waals surface area contributed by atoms with Gasteiger partial charge < -0.3 is 10.1 Å². The smallest absolute Gasteiger partial charge is 0.124 e. The molecule has 0 saturated heterocycles. The summed E-state index contributed by atoms with van der Waals surface area (Å²) < 4.78 is 5.84. The van der Waals surface area contributed by atoms with Gasteiger partial charge in [0, 0.05) is 11.6 Å². The monoisotopic (exact) mass is 249 g/mol. The molecule has 0 aliphatic carbocycles. The first-order chi connectivity index (χ1) is 8.48. The van der Waals surface area contributed by atoms with Crippen molar-refractivity contribution < 1.29 is 4.74 Å². The molecule has 0 spiro atoms. The zero-order valence-electron chi connectivity index (χ0n) is 12.4. The molecule has 0 bridgehead atoms. The summed E-state index contributed by atoms with van der Waals surface area (Å²) in [6.45, 7) is 9.73. The number of benzene rings is 1. The van der Waals surface area contributed by atoms with E-state index in [0.717, 1.165) is 25.2 Å². The van der Waals surface area contributed by atoms with Crippen LogP contribution in [0.15, 0.2) is 24.3 Å². The Morgan fingerprint density at radius 1 is 1.22 bits per heavy atom. The third kappa shape index (κ3) is 4.69. The molecule has 0 fully saturated rings. The van der Waals surface area contributed by atoms with Crippen molar-refractivity contribution in [3.05, 3.63) is 29.8 Å². The molecule has 0 aliphatic heterocycles. The van der Waals surface area contributed by atoms with Crippen molar-refractivity contribution in [3.8, 4) is 5.75 Å². The highest BCUT2D eigenvalue weighted by Crippen LogP contribution is 2.33. The Labute approximate surface area is 112 Å². The minimum atomic E-state index is 0.297. The van der Waals surface area contributed by atoms with Crippen LogP contribution in [0.3, 0.4) is 0 Å². The predicted octanol–water partition coefficient (Wildman–Crippen LogP) is 4.17. The van der Waals surface area contributed by atoms with E-state index in [4.69, 9.17) is 4.74 Å². The molecule has 1 aromatic carbocycles. The van der Waals surface area contributed by atoms with Crippen molar-refractivity contribution in [1.29, 1.82) is 0 Å². The lowest BCUT2D eigenvalue weighted by molar-refractivity contribution is 0.292. The Bertz CT molecular complexity index is 354. The van der Waals surface area contributed by atoms with Crippen molar-refractivity contribution in [1.82, 2.24) is 5.32 Å². The molecule has 1 aromatic rings. The summed E-state index contributed by atoms with van der Waals surface area (Å²) in [7, 11) is 2.02. The maximum absolute atomic E-state index is 5.84. The lowest BCUT2D eigenvalue weighted by Gasteiger charge is -2.27. The first kappa shape index (κ1) is 15.0. The molecule has 18 heavy (non-hydrogen) atoms. The fraction of sp³-hybridized carbons (Fsp3) is 0.625. The van der Waals surface area contributed by atoms with Crippen molar-refractivity contribution in [2.45, 2.75) is 46.6 Å². The number of rotatable bonds is 6. The van der Waals surface area contributed by atoms with E-state index < -0.39 is 0 Å². The van der Waals surface area contributed by atoms with E-state index in [2.05, 4.69) is 51.2 Å². The van der Waals surface area contributed by atoms with Crippen molar-refractivity contribution >= 4 is 0 Å². The predicted molar refractivity (Wildman–Crippen MR) is 78.1 cm³/mol. The molecule has 1 unspecified atom stereocenters. The Balaban J connectivity index is 2.90. The average Bonchev–Trinajstić information content (AvgIpc) is 2.33. The summed E-state index contributed by atoms with van der Waals surface area (Å²) in [5.74, 6) is 1.02. The van der Waals surface area contributed by atoms with Crippen LogP contribution in [0.1, 0.15) is 52.1 Å². The first-order valence-corrected chi connectivity index (χ1v) is 6.87. The molecule has 1 atom stereocenters. The van der Waals surface area contributed by atoms with Crippen LogP contribution >= 0.6 is 0 Å². The van der Waals surface area contributed by atoms with Gasteiger partial charge in [-0.15, -0.1) is 0 Å². The highest BCUT2D eigenvalue weighted by Gasteiger charge is 2.21. The van der Waals surface area contributed by atoms with Gasteiger partial charge in [-0.2, -0.15) is 0 Å². The molecule has 2 heteroatoms. The maximum Gasteiger partial charge on any atom is 0.124 e. The fourth-order valence-electron chi connectivity index (χ4n) is 2.09. The highest BCUT2D eigenvalue weighted by atomic mass is 16.5. The lowest BCUT2D eigenvalue weighted by Crippen LogP contribution is -2.23. The molecule has 0 saturated carbocycles. The minimum absolute atomic E-state index is 0.297. The number of hydrogen-bond donors (Lipinski definition) is 1. The topological polar surface area (TPSA) is 21.3 Å². The average molecular weight is 249 g/mol. The second-order valence-electron chi connectivity index (χ2n) is 5.99. The van der Waals surface area contributed by atoms with Gasteiger partial charge in [0.25, 0.3) is 0 Å². The van der Waals surface area contributed by atoms with Crippen molar-refractivity contribution in [2.75, 3.05) is 13.7 Å². The largest absolute Gasteiger partial charge is 0.493 e. The number of hydrogen-bond acceptors (Lipinski definition) is 2. The van der Waals surface area contributed by atoms with E-state index >= 15 is 0 Å². The lowest BCUT2D eigenvalue weighted by atomic mass is 9.85. The summed E-state index contributed by atoms with van der Waals surface area (Å²) in [5.41, 5.74) is 1.56. The summed E-state index contributed by atoms with van der Waals surface area (Å²) in [6.07, 6.45) is 2.13. The van der Waals surface area contributed by atoms with Crippen molar-refractivity contribution in [3.63, 3.8) is 0 Å². The summed E-state index contributed by atoms with van der Waals surface area (Å²) in [5, 5.41) is 3.41. The Hall–Kier alpha value is -1.02. The van der Waals surface area contributed by atoms with Gasteiger partial charge in [0.05, 0.1) is 6.61 Å². The second kappa shape index (κ2) is 6.79. The second-order valence-corrected chi connectivity index (χ2v) is 5.99. The van der Waals surface area contributed by atoms with Crippen LogP contribution in [0, 0.1) is 5.41 Å². The quantitative estimate of drug-likeness (QED) is 0.817. The summed E-state index contributed by atoms with van der Waals surface area (Å²) >= 11 is 0. The molecule has 0 amide bonds. The summed E-state index contributed by atoms with van der Waals surface area (Å²) in [4.78, 5) is 0. The van der Waals surface area contributed by atoms with Crippen molar-refractivity contribution in [2.24, 2.45) is 5.41 Å². The van der Waals surface area contributed by atoms with E-state index in [1.807, 2.05) is 13.1 Å². The Morgan fingerprint density at radius 2 is 1.89 bits per heavy atom. The molecule has 2 nitrogen and oxygen atoms in total.